The van der Waals surface area contributed by atoms with Crippen molar-refractivity contribution in [2.45, 2.75) is 13.8 Å². The van der Waals surface area contributed by atoms with Gasteiger partial charge in [-0.2, -0.15) is 0 Å². The van der Waals surface area contributed by atoms with Crippen LogP contribution in [0.3, 0.4) is 0 Å². The van der Waals surface area contributed by atoms with Crippen LogP contribution in [0.2, 0.25) is 0 Å². The molecule has 0 spiro atoms. The highest BCUT2D eigenvalue weighted by Crippen LogP contribution is 1.70. The van der Waals surface area contributed by atoms with Gasteiger partial charge in [-0.1, -0.05) is 0 Å². The van der Waals surface area contributed by atoms with Gasteiger partial charge in [-0.05, 0) is 4.80 Å². The third kappa shape index (κ3) is 1.88. The Morgan fingerprint density at radius 3 is 1.67 bits per heavy atom. The van der Waals surface area contributed by atoms with Gasteiger partial charge in [0.15, 0.2) is 12.8 Å². The van der Waals surface area contributed by atoms with E-state index in [4.69, 9.17) is 0 Å². The first-order chi connectivity index (χ1) is 2.64. The first-order valence-corrected chi connectivity index (χ1v) is 1.84. The minimum absolute atomic E-state index is 0.583. The molecule has 0 amide bonds. The van der Waals surface area contributed by atoms with Crippen LogP contribution in [-0.2, 0) is 0 Å². The number of hydrogen-bond acceptors (Lipinski definition) is 0. The van der Waals surface area contributed by atoms with E-state index in [9.17, 15) is 4.48 Å². The molecule has 0 aliphatic rings. The first-order valence-electron chi connectivity index (χ1n) is 1.84. The molecule has 0 atom stereocenters. The largest absolute Gasteiger partial charge is 0.194 e. The second-order valence-corrected chi connectivity index (χ2v) is 1.42. The van der Waals surface area contributed by atoms with E-state index in [0.29, 0.717) is 10.5 Å². The van der Waals surface area contributed by atoms with Crippen LogP contribution in [0.25, 0.3) is 0 Å². The lowest BCUT2D eigenvalue weighted by molar-refractivity contribution is -0.686. The standard InChI is InChI=1S/C4H9FN/c1-4(2)6(3)5/h1-3H3/q+1. The summed E-state index contributed by atoms with van der Waals surface area (Å²) >= 11 is 0. The quantitative estimate of drug-likeness (QED) is 0.308. The van der Waals surface area contributed by atoms with Crippen molar-refractivity contribution in [1.29, 1.82) is 0 Å². The van der Waals surface area contributed by atoms with Gasteiger partial charge < -0.3 is 0 Å². The minimum atomic E-state index is 0.583. The van der Waals surface area contributed by atoms with Gasteiger partial charge in [-0.25, -0.2) is 0 Å². The van der Waals surface area contributed by atoms with Gasteiger partial charge in [-0.3, -0.25) is 0 Å². The van der Waals surface area contributed by atoms with E-state index in [1.165, 1.54) is 7.05 Å². The fourth-order valence-electron chi connectivity index (χ4n) is 0. The zero-order chi connectivity index (χ0) is 5.15. The molecule has 6 heavy (non-hydrogen) atoms. The number of halogens is 1. The van der Waals surface area contributed by atoms with Gasteiger partial charge in [0.25, 0.3) is 0 Å². The lowest BCUT2D eigenvalue weighted by Crippen LogP contribution is -1.98. The summed E-state index contributed by atoms with van der Waals surface area (Å²) in [5.41, 5.74) is 0.676. The van der Waals surface area contributed by atoms with E-state index in [2.05, 4.69) is 0 Å². The van der Waals surface area contributed by atoms with Crippen molar-refractivity contribution < 1.29 is 9.28 Å². The van der Waals surface area contributed by atoms with Gasteiger partial charge in [0, 0.05) is 13.8 Å². The summed E-state index contributed by atoms with van der Waals surface area (Å²) in [7, 11) is 1.37. The smallest absolute Gasteiger partial charge is 0.0186 e. The van der Waals surface area contributed by atoms with E-state index in [1.54, 1.807) is 13.8 Å². The van der Waals surface area contributed by atoms with Crippen LogP contribution in [0.15, 0.2) is 0 Å². The molecule has 0 fully saturated rings. The molecule has 2 heteroatoms. The highest BCUT2D eigenvalue weighted by atomic mass is 19.2. The van der Waals surface area contributed by atoms with Crippen LogP contribution in [0, 0.1) is 0 Å². The molecule has 36 valence electrons. The molecule has 0 aromatic carbocycles. The van der Waals surface area contributed by atoms with Gasteiger partial charge in [0.05, 0.1) is 4.48 Å². The Morgan fingerprint density at radius 1 is 1.50 bits per heavy atom. The summed E-state index contributed by atoms with van der Waals surface area (Å²) in [6.07, 6.45) is 0. The van der Waals surface area contributed by atoms with E-state index >= 15 is 0 Å². The summed E-state index contributed by atoms with van der Waals surface area (Å²) in [5, 5.41) is 0. The Kier molecular flexibility index (Phi) is 1.77. The average molecular weight is 90.1 g/mol. The molecule has 0 saturated carbocycles. The molecule has 1 nitrogen and oxygen atoms in total. The van der Waals surface area contributed by atoms with E-state index in [0.717, 1.165) is 0 Å². The first kappa shape index (κ1) is 5.60. The normalized spacial score (nSPS) is 8.00. The summed E-state index contributed by atoms with van der Waals surface area (Å²) < 4.78 is 11.6. The Balaban J connectivity index is 3.68. The number of nitrogens with zero attached hydrogens (tertiary/aromatic N) is 1. The third-order valence-corrected chi connectivity index (χ3v) is 0.616. The predicted octanol–water partition coefficient (Wildman–Crippen LogP) is 0.994. The summed E-state index contributed by atoms with van der Waals surface area (Å²) in [4.78, 5) is 0.583. The van der Waals surface area contributed by atoms with E-state index < -0.39 is 0 Å². The average Bonchev–Trinajstić information content (AvgIpc) is 1.36. The maximum Gasteiger partial charge on any atom is 0.194 e. The van der Waals surface area contributed by atoms with Crippen LogP contribution in [-0.4, -0.2) is 17.6 Å². The van der Waals surface area contributed by atoms with E-state index in [1.807, 2.05) is 0 Å². The molecule has 0 unspecified atom stereocenters. The molecule has 0 radical (unpaired) electrons. The summed E-state index contributed by atoms with van der Waals surface area (Å²) in [5.74, 6) is 0. The molecular formula is C4H9FN+. The predicted molar refractivity (Wildman–Crippen MR) is 23.6 cm³/mol. The highest BCUT2D eigenvalue weighted by molar-refractivity contribution is 5.73. The van der Waals surface area contributed by atoms with Crippen molar-refractivity contribution in [1.82, 2.24) is 0 Å². The maximum absolute atomic E-state index is 11.6. The number of rotatable bonds is 0. The summed E-state index contributed by atoms with van der Waals surface area (Å²) in [6.45, 7) is 3.42. The van der Waals surface area contributed by atoms with Crippen molar-refractivity contribution in [3.8, 4) is 0 Å². The van der Waals surface area contributed by atoms with Crippen LogP contribution >= 0.6 is 0 Å². The van der Waals surface area contributed by atoms with Gasteiger partial charge in [0.2, 0.25) is 0 Å². The van der Waals surface area contributed by atoms with Crippen LogP contribution in [0.5, 0.6) is 0 Å². The van der Waals surface area contributed by atoms with Crippen LogP contribution < -0.4 is 0 Å². The topological polar surface area (TPSA) is 3.01 Å². The molecule has 0 bridgehead atoms. The Hall–Kier alpha value is -0.400. The fraction of sp³-hybridized carbons (Fsp3) is 0.750. The van der Waals surface area contributed by atoms with Crippen molar-refractivity contribution in [3.05, 3.63) is 0 Å². The van der Waals surface area contributed by atoms with Crippen LogP contribution in [0.4, 0.5) is 4.48 Å². The van der Waals surface area contributed by atoms with Crippen molar-refractivity contribution >= 4 is 5.71 Å². The molecule has 0 heterocycles. The van der Waals surface area contributed by atoms with Gasteiger partial charge >= 0.3 is 0 Å². The Morgan fingerprint density at radius 2 is 1.67 bits per heavy atom. The Bertz CT molecular complexity index is 57.6. The van der Waals surface area contributed by atoms with Crippen LogP contribution in [0.1, 0.15) is 13.8 Å². The minimum Gasteiger partial charge on any atom is -0.0186 e. The summed E-state index contributed by atoms with van der Waals surface area (Å²) in [6, 6.07) is 0. The number of hydrogen-bond donors (Lipinski definition) is 0. The molecule has 0 aliphatic heterocycles. The zero-order valence-electron chi connectivity index (χ0n) is 4.33. The molecule has 0 aliphatic carbocycles. The fourth-order valence-corrected chi connectivity index (χ4v) is 0. The molecule has 0 saturated heterocycles. The van der Waals surface area contributed by atoms with E-state index in [-0.39, 0.29) is 0 Å². The third-order valence-electron chi connectivity index (χ3n) is 0.616. The SMILES string of the molecule is CC(C)=[N+](C)F. The highest BCUT2D eigenvalue weighted by Gasteiger charge is 1.90. The van der Waals surface area contributed by atoms with Gasteiger partial charge in [0.1, 0.15) is 0 Å². The maximum atomic E-state index is 11.6. The molecule has 0 aromatic rings. The van der Waals surface area contributed by atoms with Crippen molar-refractivity contribution in [3.63, 3.8) is 0 Å². The van der Waals surface area contributed by atoms with Crippen molar-refractivity contribution in [2.24, 2.45) is 0 Å². The second kappa shape index (κ2) is 1.90. The van der Waals surface area contributed by atoms with Crippen molar-refractivity contribution in [2.75, 3.05) is 7.05 Å². The second-order valence-electron chi connectivity index (χ2n) is 1.42. The molecule has 0 aromatic heterocycles. The lowest BCUT2D eigenvalue weighted by Gasteiger charge is -1.73. The Labute approximate surface area is 37.0 Å². The molecule has 0 rings (SSSR count). The lowest BCUT2D eigenvalue weighted by atomic mass is 10.5. The monoisotopic (exact) mass is 90.1 g/mol. The molecule has 0 N–H and O–H groups in total. The van der Waals surface area contributed by atoms with Gasteiger partial charge in [-0.15, -0.1) is 0 Å². The molecular weight excluding hydrogens is 81.0 g/mol. The zero-order valence-corrected chi connectivity index (χ0v) is 4.33.